The Morgan fingerprint density at radius 1 is 1.16 bits per heavy atom. The summed E-state index contributed by atoms with van der Waals surface area (Å²) in [5, 5.41) is 2.96. The number of rotatable bonds is 6. The average Bonchev–Trinajstić information content (AvgIpc) is 2.97. The van der Waals surface area contributed by atoms with E-state index in [9.17, 15) is 9.59 Å². The SMILES string of the molecule is CCOc1ccc(N2CC(NC(=O)Cc3ccccc3)CC2=O)cc1. The van der Waals surface area contributed by atoms with Crippen molar-refractivity contribution in [3.8, 4) is 5.75 Å². The smallest absolute Gasteiger partial charge is 0.229 e. The second-order valence-corrected chi connectivity index (χ2v) is 6.06. The number of carbonyl (C=O) groups excluding carboxylic acids is 2. The Bertz CT molecular complexity index is 728. The zero-order valence-corrected chi connectivity index (χ0v) is 14.3. The number of hydrogen-bond acceptors (Lipinski definition) is 3. The van der Waals surface area contributed by atoms with Crippen molar-refractivity contribution in [2.24, 2.45) is 0 Å². The molecule has 0 aliphatic carbocycles. The van der Waals surface area contributed by atoms with E-state index in [1.165, 1.54) is 0 Å². The van der Waals surface area contributed by atoms with Gasteiger partial charge in [0.1, 0.15) is 5.75 Å². The molecule has 1 N–H and O–H groups in total. The second-order valence-electron chi connectivity index (χ2n) is 6.06. The van der Waals surface area contributed by atoms with Gasteiger partial charge < -0.3 is 15.0 Å². The third kappa shape index (κ3) is 4.38. The summed E-state index contributed by atoms with van der Waals surface area (Å²) in [5.74, 6) is 0.748. The summed E-state index contributed by atoms with van der Waals surface area (Å²) in [6.07, 6.45) is 0.655. The third-order valence-electron chi connectivity index (χ3n) is 4.16. The van der Waals surface area contributed by atoms with Crippen molar-refractivity contribution in [3.05, 3.63) is 60.2 Å². The molecule has 5 nitrogen and oxygen atoms in total. The van der Waals surface area contributed by atoms with Crippen LogP contribution in [0.25, 0.3) is 0 Å². The number of nitrogens with one attached hydrogen (secondary N) is 1. The Morgan fingerprint density at radius 2 is 1.88 bits per heavy atom. The van der Waals surface area contributed by atoms with Crippen LogP contribution in [0.15, 0.2) is 54.6 Å². The number of anilines is 1. The van der Waals surface area contributed by atoms with Gasteiger partial charge in [0, 0.05) is 18.7 Å². The molecule has 2 aromatic carbocycles. The molecule has 2 amide bonds. The molecule has 5 heteroatoms. The maximum Gasteiger partial charge on any atom is 0.229 e. The summed E-state index contributed by atoms with van der Waals surface area (Å²) in [5.41, 5.74) is 1.79. The first kappa shape index (κ1) is 17.0. The molecule has 1 unspecified atom stereocenters. The predicted octanol–water partition coefficient (Wildman–Crippen LogP) is 2.55. The average molecular weight is 338 g/mol. The van der Waals surface area contributed by atoms with Crippen molar-refractivity contribution in [3.63, 3.8) is 0 Å². The Labute approximate surface area is 147 Å². The maximum absolute atomic E-state index is 12.3. The van der Waals surface area contributed by atoms with Gasteiger partial charge in [-0.3, -0.25) is 9.59 Å². The van der Waals surface area contributed by atoms with E-state index >= 15 is 0 Å². The second kappa shape index (κ2) is 7.83. The van der Waals surface area contributed by atoms with E-state index in [2.05, 4.69) is 5.32 Å². The van der Waals surface area contributed by atoms with E-state index in [0.29, 0.717) is 26.0 Å². The Balaban J connectivity index is 1.57. The molecule has 1 heterocycles. The lowest BCUT2D eigenvalue weighted by Crippen LogP contribution is -2.38. The number of ether oxygens (including phenoxy) is 1. The summed E-state index contributed by atoms with van der Waals surface area (Å²) in [6, 6.07) is 16.9. The molecule has 0 aromatic heterocycles. The molecule has 0 saturated carbocycles. The van der Waals surface area contributed by atoms with Crippen molar-refractivity contribution in [2.45, 2.75) is 25.8 Å². The maximum atomic E-state index is 12.3. The molecule has 2 aromatic rings. The lowest BCUT2D eigenvalue weighted by molar-refractivity contribution is -0.121. The van der Waals surface area contributed by atoms with E-state index in [1.54, 1.807) is 4.90 Å². The van der Waals surface area contributed by atoms with Gasteiger partial charge in [-0.1, -0.05) is 30.3 Å². The van der Waals surface area contributed by atoms with Crippen molar-refractivity contribution in [1.82, 2.24) is 5.32 Å². The summed E-state index contributed by atoms with van der Waals surface area (Å²) in [7, 11) is 0. The van der Waals surface area contributed by atoms with Gasteiger partial charge in [-0.2, -0.15) is 0 Å². The Kier molecular flexibility index (Phi) is 5.33. The largest absolute Gasteiger partial charge is 0.494 e. The fraction of sp³-hybridized carbons (Fsp3) is 0.300. The molecule has 1 aliphatic heterocycles. The number of hydrogen-bond donors (Lipinski definition) is 1. The minimum absolute atomic E-state index is 0.0224. The first-order valence-corrected chi connectivity index (χ1v) is 8.52. The zero-order chi connectivity index (χ0) is 17.6. The van der Waals surface area contributed by atoms with Crippen LogP contribution in [0.1, 0.15) is 18.9 Å². The van der Waals surface area contributed by atoms with Gasteiger partial charge in [0.15, 0.2) is 0 Å². The van der Waals surface area contributed by atoms with Crippen LogP contribution in [0.3, 0.4) is 0 Å². The van der Waals surface area contributed by atoms with Crippen LogP contribution in [0.2, 0.25) is 0 Å². The van der Waals surface area contributed by atoms with Gasteiger partial charge in [-0.25, -0.2) is 0 Å². The van der Waals surface area contributed by atoms with Gasteiger partial charge >= 0.3 is 0 Å². The third-order valence-corrected chi connectivity index (χ3v) is 4.16. The van der Waals surface area contributed by atoms with Gasteiger partial charge in [0.25, 0.3) is 0 Å². The highest BCUT2D eigenvalue weighted by molar-refractivity contribution is 5.97. The van der Waals surface area contributed by atoms with Crippen LogP contribution in [0, 0.1) is 0 Å². The van der Waals surface area contributed by atoms with Gasteiger partial charge in [-0.05, 0) is 36.8 Å². The van der Waals surface area contributed by atoms with E-state index in [4.69, 9.17) is 4.74 Å². The van der Waals surface area contributed by atoms with Gasteiger partial charge in [0.2, 0.25) is 11.8 Å². The fourth-order valence-electron chi connectivity index (χ4n) is 3.00. The minimum atomic E-state index is -0.157. The molecule has 25 heavy (non-hydrogen) atoms. The molecule has 1 saturated heterocycles. The molecule has 0 bridgehead atoms. The highest BCUT2D eigenvalue weighted by Gasteiger charge is 2.31. The van der Waals surface area contributed by atoms with E-state index < -0.39 is 0 Å². The molecule has 0 radical (unpaired) electrons. The van der Waals surface area contributed by atoms with Crippen LogP contribution in [-0.2, 0) is 16.0 Å². The molecule has 1 fully saturated rings. The van der Waals surface area contributed by atoms with Crippen LogP contribution in [0.4, 0.5) is 5.69 Å². The molecule has 0 spiro atoms. The van der Waals surface area contributed by atoms with Crippen LogP contribution in [-0.4, -0.2) is 31.0 Å². The first-order valence-electron chi connectivity index (χ1n) is 8.52. The summed E-state index contributed by atoms with van der Waals surface area (Å²) < 4.78 is 5.42. The monoisotopic (exact) mass is 338 g/mol. The summed E-state index contributed by atoms with van der Waals surface area (Å²) in [6.45, 7) is 3.03. The van der Waals surface area contributed by atoms with Crippen molar-refractivity contribution in [2.75, 3.05) is 18.1 Å². The highest BCUT2D eigenvalue weighted by Crippen LogP contribution is 2.24. The number of benzene rings is 2. The highest BCUT2D eigenvalue weighted by atomic mass is 16.5. The lowest BCUT2D eigenvalue weighted by atomic mass is 10.1. The molecular formula is C20H22N2O3. The van der Waals surface area contributed by atoms with Crippen molar-refractivity contribution >= 4 is 17.5 Å². The predicted molar refractivity (Wildman–Crippen MR) is 96.7 cm³/mol. The number of nitrogens with zero attached hydrogens (tertiary/aromatic N) is 1. The van der Waals surface area contributed by atoms with E-state index in [1.807, 2.05) is 61.5 Å². The van der Waals surface area contributed by atoms with Gasteiger partial charge in [0.05, 0.1) is 19.1 Å². The molecule has 1 aliphatic rings. The number of amides is 2. The normalized spacial score (nSPS) is 16.8. The van der Waals surface area contributed by atoms with Gasteiger partial charge in [-0.15, -0.1) is 0 Å². The zero-order valence-electron chi connectivity index (χ0n) is 14.3. The van der Waals surface area contributed by atoms with Crippen molar-refractivity contribution < 1.29 is 14.3 Å². The Morgan fingerprint density at radius 3 is 2.56 bits per heavy atom. The molecule has 3 rings (SSSR count). The fourth-order valence-corrected chi connectivity index (χ4v) is 3.00. The Hall–Kier alpha value is -2.82. The summed E-state index contributed by atoms with van der Waals surface area (Å²) in [4.78, 5) is 26.2. The minimum Gasteiger partial charge on any atom is -0.494 e. The van der Waals surface area contributed by atoms with Crippen LogP contribution >= 0.6 is 0 Å². The first-order chi connectivity index (χ1) is 12.2. The quantitative estimate of drug-likeness (QED) is 0.881. The molecule has 1 atom stereocenters. The standard InChI is InChI=1S/C20H22N2O3/c1-2-25-18-10-8-17(9-11-18)22-14-16(13-20(22)24)21-19(23)12-15-6-4-3-5-7-15/h3-11,16H,2,12-14H2,1H3,(H,21,23). The number of carbonyl (C=O) groups is 2. The van der Waals surface area contributed by atoms with E-state index in [-0.39, 0.29) is 17.9 Å². The van der Waals surface area contributed by atoms with Crippen LogP contribution < -0.4 is 15.0 Å². The van der Waals surface area contributed by atoms with Crippen molar-refractivity contribution in [1.29, 1.82) is 0 Å². The van der Waals surface area contributed by atoms with E-state index in [0.717, 1.165) is 17.0 Å². The molecule has 130 valence electrons. The summed E-state index contributed by atoms with van der Waals surface area (Å²) >= 11 is 0. The topological polar surface area (TPSA) is 58.6 Å². The van der Waals surface area contributed by atoms with Crippen LogP contribution in [0.5, 0.6) is 5.75 Å². The lowest BCUT2D eigenvalue weighted by Gasteiger charge is -2.17. The molecular weight excluding hydrogens is 316 g/mol.